The lowest BCUT2D eigenvalue weighted by Crippen LogP contribution is -2.31. The third-order valence-electron chi connectivity index (χ3n) is 4.89. The summed E-state index contributed by atoms with van der Waals surface area (Å²) in [5.74, 6) is 0.483. The summed E-state index contributed by atoms with van der Waals surface area (Å²) in [6.45, 7) is 0. The summed E-state index contributed by atoms with van der Waals surface area (Å²) in [7, 11) is 3.98. The van der Waals surface area contributed by atoms with Crippen LogP contribution in [0.4, 0.5) is 0 Å². The third kappa shape index (κ3) is 2.63. The van der Waals surface area contributed by atoms with Crippen LogP contribution in [0.2, 0.25) is 0 Å². The number of aromatic nitrogens is 5. The highest BCUT2D eigenvalue weighted by molar-refractivity contribution is 5.62. The Morgan fingerprint density at radius 3 is 2.91 bits per heavy atom. The zero-order valence-corrected chi connectivity index (χ0v) is 13.6. The first kappa shape index (κ1) is 14.4. The molecule has 0 saturated heterocycles. The van der Waals surface area contributed by atoms with E-state index in [2.05, 4.69) is 28.6 Å². The highest BCUT2D eigenvalue weighted by Gasteiger charge is 2.25. The molecule has 2 atom stereocenters. The standard InChI is InChI=1S/C17H22N6/c1-18-14-5-3-4-12(8-14)17-16-6-7-19-23(16)11-15(21-17)13-9-20-22(2)10-13/h6-7,9-12,14,18H,3-5,8H2,1-2H3. The molecule has 0 amide bonds. The lowest BCUT2D eigenvalue weighted by molar-refractivity contribution is 0.352. The first-order valence-electron chi connectivity index (χ1n) is 8.25. The molecule has 0 bridgehead atoms. The summed E-state index contributed by atoms with van der Waals surface area (Å²) in [5.41, 5.74) is 4.27. The molecule has 3 aromatic rings. The third-order valence-corrected chi connectivity index (χ3v) is 4.89. The molecule has 3 heterocycles. The Morgan fingerprint density at radius 1 is 1.22 bits per heavy atom. The first-order valence-corrected chi connectivity index (χ1v) is 8.25. The van der Waals surface area contributed by atoms with Gasteiger partial charge >= 0.3 is 0 Å². The predicted octanol–water partition coefficient (Wildman–Crippen LogP) is 2.38. The average molecular weight is 310 g/mol. The van der Waals surface area contributed by atoms with Crippen LogP contribution in [-0.4, -0.2) is 37.5 Å². The van der Waals surface area contributed by atoms with Gasteiger partial charge in [-0.15, -0.1) is 0 Å². The number of rotatable bonds is 3. The summed E-state index contributed by atoms with van der Waals surface area (Å²) in [6.07, 6.45) is 12.5. The number of aryl methyl sites for hydroxylation is 1. The highest BCUT2D eigenvalue weighted by atomic mass is 15.2. The second kappa shape index (κ2) is 5.77. The molecule has 6 nitrogen and oxygen atoms in total. The lowest BCUT2D eigenvalue weighted by Gasteiger charge is -2.29. The van der Waals surface area contributed by atoms with E-state index in [9.17, 15) is 0 Å². The van der Waals surface area contributed by atoms with Gasteiger partial charge in [0.25, 0.3) is 0 Å². The maximum atomic E-state index is 5.01. The van der Waals surface area contributed by atoms with E-state index >= 15 is 0 Å². The van der Waals surface area contributed by atoms with Crippen molar-refractivity contribution in [3.05, 3.63) is 36.5 Å². The van der Waals surface area contributed by atoms with Crippen molar-refractivity contribution in [2.24, 2.45) is 7.05 Å². The molecule has 1 fully saturated rings. The molecule has 6 heteroatoms. The van der Waals surface area contributed by atoms with Crippen LogP contribution in [0, 0.1) is 0 Å². The normalized spacial score (nSPS) is 21.8. The van der Waals surface area contributed by atoms with Crippen LogP contribution in [-0.2, 0) is 7.05 Å². The van der Waals surface area contributed by atoms with E-state index in [0.29, 0.717) is 12.0 Å². The maximum absolute atomic E-state index is 5.01. The Balaban J connectivity index is 1.79. The van der Waals surface area contributed by atoms with Gasteiger partial charge in [0, 0.05) is 30.8 Å². The molecular formula is C17H22N6. The molecule has 1 N–H and O–H groups in total. The Hall–Kier alpha value is -2.21. The Morgan fingerprint density at radius 2 is 2.13 bits per heavy atom. The van der Waals surface area contributed by atoms with Crippen molar-refractivity contribution < 1.29 is 0 Å². The van der Waals surface area contributed by atoms with E-state index < -0.39 is 0 Å². The fourth-order valence-electron chi connectivity index (χ4n) is 3.65. The van der Waals surface area contributed by atoms with Crippen LogP contribution in [0.1, 0.15) is 37.3 Å². The van der Waals surface area contributed by atoms with Gasteiger partial charge in [0.05, 0.1) is 35.5 Å². The van der Waals surface area contributed by atoms with Crippen LogP contribution >= 0.6 is 0 Å². The Labute approximate surface area is 135 Å². The molecule has 2 unspecified atom stereocenters. The summed E-state index contributed by atoms with van der Waals surface area (Å²) in [6, 6.07) is 2.65. The van der Waals surface area contributed by atoms with Crippen LogP contribution in [0.15, 0.2) is 30.9 Å². The minimum absolute atomic E-state index is 0.483. The summed E-state index contributed by atoms with van der Waals surface area (Å²) >= 11 is 0. The van der Waals surface area contributed by atoms with Gasteiger partial charge in [-0.25, -0.2) is 9.50 Å². The molecule has 1 aliphatic carbocycles. The van der Waals surface area contributed by atoms with Crippen molar-refractivity contribution in [1.29, 1.82) is 0 Å². The van der Waals surface area contributed by atoms with Gasteiger partial charge in [0.1, 0.15) is 0 Å². The fourth-order valence-corrected chi connectivity index (χ4v) is 3.65. The van der Waals surface area contributed by atoms with Gasteiger partial charge in [-0.1, -0.05) is 6.42 Å². The lowest BCUT2D eigenvalue weighted by atomic mass is 9.83. The minimum atomic E-state index is 0.483. The quantitative estimate of drug-likeness (QED) is 0.807. The van der Waals surface area contributed by atoms with Crippen molar-refractivity contribution in [3.63, 3.8) is 0 Å². The Kier molecular flexibility index (Phi) is 3.61. The van der Waals surface area contributed by atoms with Gasteiger partial charge in [-0.2, -0.15) is 10.2 Å². The zero-order chi connectivity index (χ0) is 15.8. The van der Waals surface area contributed by atoms with E-state index in [1.165, 1.54) is 25.0 Å². The van der Waals surface area contributed by atoms with Gasteiger partial charge in [0.15, 0.2) is 0 Å². The van der Waals surface area contributed by atoms with Crippen molar-refractivity contribution >= 4 is 5.52 Å². The molecule has 0 aromatic carbocycles. The largest absolute Gasteiger partial charge is 0.317 e. The molecule has 4 rings (SSSR count). The van der Waals surface area contributed by atoms with Crippen LogP contribution in [0.3, 0.4) is 0 Å². The van der Waals surface area contributed by atoms with Crippen LogP contribution < -0.4 is 5.32 Å². The highest BCUT2D eigenvalue weighted by Crippen LogP contribution is 2.35. The van der Waals surface area contributed by atoms with Crippen LogP contribution in [0.5, 0.6) is 0 Å². The molecule has 1 saturated carbocycles. The zero-order valence-electron chi connectivity index (χ0n) is 13.6. The van der Waals surface area contributed by atoms with Crippen molar-refractivity contribution in [1.82, 2.24) is 29.7 Å². The van der Waals surface area contributed by atoms with Crippen molar-refractivity contribution in [2.45, 2.75) is 37.6 Å². The van der Waals surface area contributed by atoms with E-state index in [0.717, 1.165) is 23.2 Å². The summed E-state index contributed by atoms with van der Waals surface area (Å²) in [4.78, 5) is 5.01. The number of hydrogen-bond donors (Lipinski definition) is 1. The van der Waals surface area contributed by atoms with Crippen LogP contribution in [0.25, 0.3) is 16.8 Å². The summed E-state index contributed by atoms with van der Waals surface area (Å²) < 4.78 is 3.76. The molecule has 23 heavy (non-hydrogen) atoms. The average Bonchev–Trinajstić information content (AvgIpc) is 3.22. The minimum Gasteiger partial charge on any atom is -0.317 e. The Bertz CT molecular complexity index is 817. The van der Waals surface area contributed by atoms with Gasteiger partial charge in [0.2, 0.25) is 0 Å². The topological polar surface area (TPSA) is 60.0 Å². The van der Waals surface area contributed by atoms with E-state index in [4.69, 9.17) is 4.98 Å². The predicted molar refractivity (Wildman–Crippen MR) is 89.2 cm³/mol. The molecule has 0 aliphatic heterocycles. The number of fused-ring (bicyclic) bond motifs is 1. The van der Waals surface area contributed by atoms with Crippen molar-refractivity contribution in [2.75, 3.05) is 7.05 Å². The van der Waals surface area contributed by atoms with Gasteiger partial charge in [-0.05, 0) is 32.4 Å². The molecule has 0 radical (unpaired) electrons. The first-order chi connectivity index (χ1) is 11.2. The molecular weight excluding hydrogens is 288 g/mol. The van der Waals surface area contributed by atoms with E-state index in [1.807, 2.05) is 41.0 Å². The van der Waals surface area contributed by atoms with E-state index in [-0.39, 0.29) is 0 Å². The number of nitrogens with zero attached hydrogens (tertiary/aromatic N) is 5. The SMILES string of the molecule is CNC1CCCC(c2nc(-c3cnn(C)c3)cn3nccc23)C1. The fraction of sp³-hybridized carbons (Fsp3) is 0.471. The monoisotopic (exact) mass is 310 g/mol. The second-order valence-corrected chi connectivity index (χ2v) is 6.42. The number of hydrogen-bond acceptors (Lipinski definition) is 4. The molecule has 0 spiro atoms. The maximum Gasteiger partial charge on any atom is 0.0921 e. The van der Waals surface area contributed by atoms with Gasteiger partial charge in [-0.3, -0.25) is 4.68 Å². The molecule has 1 aliphatic rings. The van der Waals surface area contributed by atoms with E-state index in [1.54, 1.807) is 0 Å². The second-order valence-electron chi connectivity index (χ2n) is 6.42. The van der Waals surface area contributed by atoms with Crippen molar-refractivity contribution in [3.8, 4) is 11.3 Å². The molecule has 120 valence electrons. The molecule has 3 aromatic heterocycles. The number of nitrogens with one attached hydrogen (secondary N) is 1. The smallest absolute Gasteiger partial charge is 0.0921 e. The summed E-state index contributed by atoms with van der Waals surface area (Å²) in [5, 5.41) is 12.1. The van der Waals surface area contributed by atoms with Gasteiger partial charge < -0.3 is 5.32 Å².